The van der Waals surface area contributed by atoms with Crippen molar-refractivity contribution in [3.8, 4) is 9.75 Å². The Kier molecular flexibility index (Phi) is 18.6. The van der Waals surface area contributed by atoms with Crippen molar-refractivity contribution in [2.24, 2.45) is 0 Å². The van der Waals surface area contributed by atoms with Crippen LogP contribution in [-0.4, -0.2) is 36.8 Å². The van der Waals surface area contributed by atoms with Crippen LogP contribution >= 0.6 is 22.7 Å². The summed E-state index contributed by atoms with van der Waals surface area (Å²) in [5.74, 6) is 0. The molecule has 0 saturated heterocycles. The van der Waals surface area contributed by atoms with Crippen LogP contribution in [0.2, 0.25) is 29.6 Å². The zero-order valence-electron chi connectivity index (χ0n) is 33.8. The molecule has 4 heteroatoms. The van der Waals surface area contributed by atoms with Gasteiger partial charge in [0.1, 0.15) is 0 Å². The van der Waals surface area contributed by atoms with Crippen molar-refractivity contribution in [1.29, 1.82) is 0 Å². The Bertz CT molecular complexity index is 1360. The summed E-state index contributed by atoms with van der Waals surface area (Å²) >= 11 is -0.0544. The first-order valence-electron chi connectivity index (χ1n) is 21.2. The van der Waals surface area contributed by atoms with E-state index in [0.717, 1.165) is 0 Å². The van der Waals surface area contributed by atoms with Crippen molar-refractivity contribution in [2.45, 2.75) is 185 Å². The molecular formula is C46H74S2Sn2. The van der Waals surface area contributed by atoms with Gasteiger partial charge in [-0.2, -0.15) is 0 Å². The molecule has 0 saturated carbocycles. The van der Waals surface area contributed by atoms with Gasteiger partial charge in [-0.05, 0) is 0 Å². The molecule has 1 aliphatic carbocycles. The van der Waals surface area contributed by atoms with Gasteiger partial charge in [0.2, 0.25) is 0 Å². The molecule has 0 N–H and O–H groups in total. The number of unbranched alkanes of at least 4 members (excludes halogenated alkanes) is 18. The Hall–Kier alpha value is -0.0426. The van der Waals surface area contributed by atoms with E-state index in [0.29, 0.717) is 0 Å². The summed E-state index contributed by atoms with van der Waals surface area (Å²) in [5, 5.41) is 0. The molecule has 4 rings (SSSR count). The fraction of sp³-hybridized carbons (Fsp3) is 0.652. The van der Waals surface area contributed by atoms with Gasteiger partial charge in [-0.1, -0.05) is 104 Å². The van der Waals surface area contributed by atoms with Gasteiger partial charge >= 0.3 is 226 Å². The van der Waals surface area contributed by atoms with Gasteiger partial charge in [-0.25, -0.2) is 0 Å². The van der Waals surface area contributed by atoms with Crippen LogP contribution in [0, 0.1) is 0 Å². The van der Waals surface area contributed by atoms with Crippen molar-refractivity contribution in [3.05, 3.63) is 58.1 Å². The Balaban J connectivity index is 1.48. The number of thiophene rings is 2. The Morgan fingerprint density at radius 3 is 1.12 bits per heavy atom. The number of hydrogen-bond acceptors (Lipinski definition) is 2. The second-order valence-electron chi connectivity index (χ2n) is 17.7. The van der Waals surface area contributed by atoms with E-state index < -0.39 is 36.8 Å². The van der Waals surface area contributed by atoms with Crippen LogP contribution in [0.25, 0.3) is 21.4 Å². The van der Waals surface area contributed by atoms with Crippen molar-refractivity contribution in [2.75, 3.05) is 0 Å². The van der Waals surface area contributed by atoms with Gasteiger partial charge in [0.15, 0.2) is 0 Å². The molecule has 2 aromatic heterocycles. The van der Waals surface area contributed by atoms with Crippen molar-refractivity contribution in [3.63, 3.8) is 0 Å². The summed E-state index contributed by atoms with van der Waals surface area (Å²) in [7, 11) is 0. The van der Waals surface area contributed by atoms with E-state index in [2.05, 4.69) is 103 Å². The predicted molar refractivity (Wildman–Crippen MR) is 238 cm³/mol. The third-order valence-electron chi connectivity index (χ3n) is 10.8. The Morgan fingerprint density at radius 1 is 0.440 bits per heavy atom. The van der Waals surface area contributed by atoms with Crippen LogP contribution in [0.4, 0.5) is 0 Å². The standard InChI is InChI=1S/C40H56S2.6CH3.2Sn/c1-3-5-7-9-11-13-15-17-19-21-23-33-29-34(24-22-20-18-16-14-12-10-8-6-4-2)31-35(30-33)32-38-36-25-27-41-39(36)40-37(38)26-28-42-40;;;;;;;;/h25-26,29-32H,3-24H2,1-2H3;6*1H3;;. The molecule has 0 aliphatic heterocycles. The summed E-state index contributed by atoms with van der Waals surface area (Å²) in [6, 6.07) is 13.0. The van der Waals surface area contributed by atoms with E-state index in [4.69, 9.17) is 0 Å². The van der Waals surface area contributed by atoms with Gasteiger partial charge in [-0.15, -0.1) is 0 Å². The molecule has 0 radical (unpaired) electrons. The molecule has 0 atom stereocenters. The van der Waals surface area contributed by atoms with E-state index in [-0.39, 0.29) is 0 Å². The van der Waals surface area contributed by atoms with Crippen molar-refractivity contribution in [1.82, 2.24) is 0 Å². The zero-order chi connectivity index (χ0) is 36.0. The molecular weight excluding hydrogens is 854 g/mol. The molecule has 0 spiro atoms. The van der Waals surface area contributed by atoms with E-state index >= 15 is 0 Å². The van der Waals surface area contributed by atoms with Crippen molar-refractivity contribution < 1.29 is 0 Å². The van der Waals surface area contributed by atoms with E-state index in [9.17, 15) is 0 Å². The van der Waals surface area contributed by atoms with Crippen LogP contribution in [-0.2, 0) is 12.8 Å². The van der Waals surface area contributed by atoms with Crippen LogP contribution in [0.15, 0.2) is 30.3 Å². The second-order valence-corrected chi connectivity index (χ2v) is 50.6. The van der Waals surface area contributed by atoms with Gasteiger partial charge in [0.25, 0.3) is 0 Å². The third kappa shape index (κ3) is 13.7. The predicted octanol–water partition coefficient (Wildman–Crippen LogP) is 15.4. The average Bonchev–Trinajstić information content (AvgIpc) is 3.76. The monoisotopic (exact) mass is 930 g/mol. The first-order valence-corrected chi connectivity index (χ1v) is 42.8. The molecule has 0 nitrogen and oxygen atoms in total. The number of aryl methyl sites for hydroxylation is 2. The molecule has 1 aliphatic rings. The van der Waals surface area contributed by atoms with E-state index in [1.54, 1.807) is 37.8 Å². The van der Waals surface area contributed by atoms with Gasteiger partial charge in [0.05, 0.1) is 0 Å². The zero-order valence-corrected chi connectivity index (χ0v) is 41.2. The van der Waals surface area contributed by atoms with Gasteiger partial charge < -0.3 is 0 Å². The van der Waals surface area contributed by atoms with Crippen LogP contribution in [0.3, 0.4) is 0 Å². The molecule has 278 valence electrons. The molecule has 0 fully saturated rings. The Morgan fingerprint density at radius 2 is 0.780 bits per heavy atom. The third-order valence-corrected chi connectivity index (χ3v) is 32.0. The maximum atomic E-state index is 2.63. The van der Waals surface area contributed by atoms with Crippen LogP contribution in [0.1, 0.15) is 170 Å². The summed E-state index contributed by atoms with van der Waals surface area (Å²) in [5.41, 5.74) is 9.22. The average molecular weight is 929 g/mol. The first kappa shape index (κ1) is 42.7. The summed E-state index contributed by atoms with van der Waals surface area (Å²) in [6.45, 7) is 4.63. The summed E-state index contributed by atoms with van der Waals surface area (Å²) in [6.07, 6.45) is 33.2. The first-order chi connectivity index (χ1) is 24.0. The summed E-state index contributed by atoms with van der Waals surface area (Å²) < 4.78 is 3.46. The minimum absolute atomic E-state index is 1.23. The molecule has 3 aromatic rings. The van der Waals surface area contributed by atoms with Gasteiger partial charge in [-0.3, -0.25) is 0 Å². The fourth-order valence-corrected chi connectivity index (χ4v) is 20.4. The normalized spacial score (nSPS) is 12.9. The van der Waals surface area contributed by atoms with Crippen LogP contribution < -0.4 is 5.79 Å². The fourth-order valence-electron chi connectivity index (χ4n) is 7.52. The van der Waals surface area contributed by atoms with Gasteiger partial charge in [0, 0.05) is 0 Å². The topological polar surface area (TPSA) is 0 Å². The number of benzene rings is 1. The van der Waals surface area contributed by atoms with Crippen molar-refractivity contribution >= 4 is 76.9 Å². The second kappa shape index (κ2) is 21.7. The number of hydrogen-bond donors (Lipinski definition) is 0. The minimum atomic E-state index is -2.18. The molecule has 0 amide bonds. The number of fused-ring (bicyclic) bond motifs is 3. The quantitative estimate of drug-likeness (QED) is 0.0459. The molecule has 1 aromatic carbocycles. The maximum absolute atomic E-state index is 2.63. The van der Waals surface area contributed by atoms with Crippen LogP contribution in [0.5, 0.6) is 0 Å². The molecule has 50 heavy (non-hydrogen) atoms. The SMILES string of the molecule is CCCCCCCCCCCCc1cc(C=C2c3c[c]([Sn]([CH3])([CH3])[CH3])sc3-c3s[c]([Sn]([CH3])([CH3])[CH3])cc32)cc(CCCCCCCCCCCC)c1. The number of rotatable bonds is 25. The molecule has 2 heterocycles. The Labute approximate surface area is 326 Å². The summed E-state index contributed by atoms with van der Waals surface area (Å²) in [4.78, 5) is 18.7. The molecule has 0 bridgehead atoms. The van der Waals surface area contributed by atoms with E-state index in [1.807, 2.05) is 0 Å². The van der Waals surface area contributed by atoms with E-state index in [1.165, 1.54) is 152 Å². The molecule has 0 unspecified atom stereocenters.